The lowest BCUT2D eigenvalue weighted by Crippen LogP contribution is -2.46. The largest absolute Gasteiger partial charge is 0.475 e. The van der Waals surface area contributed by atoms with E-state index >= 15 is 0 Å². The van der Waals surface area contributed by atoms with Crippen LogP contribution in [0.2, 0.25) is 0 Å². The third-order valence-electron chi connectivity index (χ3n) is 2.02. The predicted octanol–water partition coefficient (Wildman–Crippen LogP) is -0.243. The maximum Gasteiger partial charge on any atom is 0.374 e. The third-order valence-corrected chi connectivity index (χ3v) is 2.02. The van der Waals surface area contributed by atoms with E-state index in [-0.39, 0.29) is 12.1 Å². The first kappa shape index (κ1) is 13.7. The molecule has 4 N–H and O–H groups in total. The second-order valence-corrected chi connectivity index (χ2v) is 4.36. The molecule has 8 nitrogen and oxygen atoms in total. The molecule has 0 radical (unpaired) electrons. The summed E-state index contributed by atoms with van der Waals surface area (Å²) in [4.78, 5) is 33.0. The van der Waals surface area contributed by atoms with Crippen molar-refractivity contribution in [2.45, 2.75) is 25.8 Å². The van der Waals surface area contributed by atoms with Crippen molar-refractivity contribution in [3.05, 3.63) is 17.5 Å². The summed E-state index contributed by atoms with van der Waals surface area (Å²) in [7, 11) is 0. The van der Waals surface area contributed by atoms with E-state index < -0.39 is 29.1 Å². The average molecular weight is 255 g/mol. The number of aromatic nitrogens is 1. The van der Waals surface area contributed by atoms with Gasteiger partial charge in [-0.05, 0) is 13.8 Å². The molecule has 0 saturated carbocycles. The lowest BCUT2D eigenvalue weighted by atomic mass is 10.00. The van der Waals surface area contributed by atoms with Gasteiger partial charge < -0.3 is 20.7 Å². The fourth-order valence-electron chi connectivity index (χ4n) is 1.33. The van der Waals surface area contributed by atoms with Crippen LogP contribution in [-0.4, -0.2) is 33.6 Å². The van der Waals surface area contributed by atoms with Crippen LogP contribution < -0.4 is 11.1 Å². The number of nitrogens with zero attached hydrogens (tertiary/aromatic N) is 1. The van der Waals surface area contributed by atoms with E-state index in [0.717, 1.165) is 6.07 Å². The Hall–Kier alpha value is -2.38. The first-order valence-corrected chi connectivity index (χ1v) is 5.02. The van der Waals surface area contributed by atoms with Crippen molar-refractivity contribution in [2.24, 2.45) is 5.73 Å². The molecule has 0 fully saturated rings. The highest BCUT2D eigenvalue weighted by Gasteiger charge is 2.25. The van der Waals surface area contributed by atoms with Gasteiger partial charge in [0.05, 0.1) is 0 Å². The van der Waals surface area contributed by atoms with E-state index in [1.807, 2.05) is 0 Å². The molecule has 0 spiro atoms. The standard InChI is InChI=1S/C10H13N3O5/c1-10(2,4-7(11)14)12-8(15)5-3-6(9(16)17)18-13-5/h3H,4H2,1-2H3,(H2,11,14)(H,12,15)(H,16,17). The van der Waals surface area contributed by atoms with Crippen LogP contribution in [0, 0.1) is 0 Å². The molecule has 98 valence electrons. The predicted molar refractivity (Wildman–Crippen MR) is 58.8 cm³/mol. The number of hydrogen-bond donors (Lipinski definition) is 3. The van der Waals surface area contributed by atoms with Gasteiger partial charge in [-0.1, -0.05) is 5.16 Å². The van der Waals surface area contributed by atoms with E-state index in [4.69, 9.17) is 10.8 Å². The molecular weight excluding hydrogens is 242 g/mol. The Morgan fingerprint density at radius 1 is 1.50 bits per heavy atom. The van der Waals surface area contributed by atoms with Crippen LogP contribution in [0.5, 0.6) is 0 Å². The zero-order valence-corrected chi connectivity index (χ0v) is 9.89. The highest BCUT2D eigenvalue weighted by Crippen LogP contribution is 2.10. The minimum absolute atomic E-state index is 0.0532. The van der Waals surface area contributed by atoms with Crippen LogP contribution >= 0.6 is 0 Å². The Bertz CT molecular complexity index is 491. The molecule has 1 aromatic rings. The summed E-state index contributed by atoms with van der Waals surface area (Å²) in [5, 5.41) is 14.4. The molecule has 0 unspecified atom stereocenters. The van der Waals surface area contributed by atoms with Gasteiger partial charge in [-0.25, -0.2) is 4.79 Å². The first-order chi connectivity index (χ1) is 8.21. The SMILES string of the molecule is CC(C)(CC(N)=O)NC(=O)c1cc(C(=O)O)on1. The Kier molecular flexibility index (Phi) is 3.70. The molecule has 0 aliphatic heterocycles. The van der Waals surface area contributed by atoms with E-state index in [1.165, 1.54) is 0 Å². The number of primary amides is 1. The monoisotopic (exact) mass is 255 g/mol. The second-order valence-electron chi connectivity index (χ2n) is 4.36. The third kappa shape index (κ3) is 3.58. The molecule has 0 bridgehead atoms. The molecule has 0 aliphatic rings. The molecule has 1 aromatic heterocycles. The number of carbonyl (C=O) groups is 3. The molecule has 8 heteroatoms. The van der Waals surface area contributed by atoms with Gasteiger partial charge in [-0.3, -0.25) is 9.59 Å². The summed E-state index contributed by atoms with van der Waals surface area (Å²) in [6, 6.07) is 0.998. The quantitative estimate of drug-likeness (QED) is 0.664. The van der Waals surface area contributed by atoms with E-state index in [1.54, 1.807) is 13.8 Å². The van der Waals surface area contributed by atoms with Gasteiger partial charge in [0, 0.05) is 18.0 Å². The number of aromatic carboxylic acids is 1. The lowest BCUT2D eigenvalue weighted by Gasteiger charge is -2.23. The van der Waals surface area contributed by atoms with Crippen molar-refractivity contribution >= 4 is 17.8 Å². The van der Waals surface area contributed by atoms with Gasteiger partial charge in [0.15, 0.2) is 5.69 Å². The van der Waals surface area contributed by atoms with Crippen molar-refractivity contribution in [2.75, 3.05) is 0 Å². The highest BCUT2D eigenvalue weighted by molar-refractivity contribution is 5.95. The molecule has 0 aliphatic carbocycles. The Morgan fingerprint density at radius 3 is 2.56 bits per heavy atom. The number of amides is 2. The van der Waals surface area contributed by atoms with Crippen LogP contribution in [0.25, 0.3) is 0 Å². The number of hydrogen-bond acceptors (Lipinski definition) is 5. The number of carboxylic acid groups (broad SMARTS) is 1. The molecule has 0 aromatic carbocycles. The number of nitrogens with two attached hydrogens (primary N) is 1. The summed E-state index contributed by atoms with van der Waals surface area (Å²) in [6.45, 7) is 3.21. The minimum atomic E-state index is -1.32. The summed E-state index contributed by atoms with van der Waals surface area (Å²) in [6.07, 6.45) is -0.0532. The zero-order valence-electron chi connectivity index (χ0n) is 9.89. The van der Waals surface area contributed by atoms with Crippen LogP contribution in [-0.2, 0) is 4.79 Å². The second kappa shape index (κ2) is 4.86. The van der Waals surface area contributed by atoms with Crippen LogP contribution in [0.3, 0.4) is 0 Å². The average Bonchev–Trinajstić information content (AvgIpc) is 2.62. The van der Waals surface area contributed by atoms with Gasteiger partial charge in [0.25, 0.3) is 5.91 Å². The minimum Gasteiger partial charge on any atom is -0.475 e. The molecule has 0 atom stereocenters. The maximum atomic E-state index is 11.7. The first-order valence-electron chi connectivity index (χ1n) is 5.02. The number of rotatable bonds is 5. The number of nitrogens with one attached hydrogen (secondary N) is 1. The topological polar surface area (TPSA) is 136 Å². The van der Waals surface area contributed by atoms with E-state index in [2.05, 4.69) is 15.0 Å². The molecular formula is C10H13N3O5. The van der Waals surface area contributed by atoms with Gasteiger partial charge in [0.2, 0.25) is 11.7 Å². The van der Waals surface area contributed by atoms with Gasteiger partial charge in [-0.15, -0.1) is 0 Å². The Labute approximate surface area is 102 Å². The fourth-order valence-corrected chi connectivity index (χ4v) is 1.33. The van der Waals surface area contributed by atoms with E-state index in [0.29, 0.717) is 0 Å². The van der Waals surface area contributed by atoms with Gasteiger partial charge >= 0.3 is 5.97 Å². The number of carbonyl (C=O) groups excluding carboxylic acids is 2. The molecule has 18 heavy (non-hydrogen) atoms. The normalized spacial score (nSPS) is 11.0. The highest BCUT2D eigenvalue weighted by atomic mass is 16.5. The summed E-state index contributed by atoms with van der Waals surface area (Å²) in [5.41, 5.74) is 4.00. The zero-order chi connectivity index (χ0) is 13.9. The van der Waals surface area contributed by atoms with Crippen molar-refractivity contribution in [1.82, 2.24) is 10.5 Å². The van der Waals surface area contributed by atoms with Crippen molar-refractivity contribution in [3.8, 4) is 0 Å². The van der Waals surface area contributed by atoms with Crippen molar-refractivity contribution in [3.63, 3.8) is 0 Å². The smallest absolute Gasteiger partial charge is 0.374 e. The summed E-state index contributed by atoms with van der Waals surface area (Å²) < 4.78 is 4.44. The molecule has 2 amide bonds. The maximum absolute atomic E-state index is 11.7. The molecule has 0 saturated heterocycles. The van der Waals surface area contributed by atoms with Crippen molar-refractivity contribution in [1.29, 1.82) is 0 Å². The summed E-state index contributed by atoms with van der Waals surface area (Å²) in [5.74, 6) is -2.96. The summed E-state index contributed by atoms with van der Waals surface area (Å²) >= 11 is 0. The van der Waals surface area contributed by atoms with Gasteiger partial charge in [-0.2, -0.15) is 0 Å². The lowest BCUT2D eigenvalue weighted by molar-refractivity contribution is -0.119. The van der Waals surface area contributed by atoms with E-state index in [9.17, 15) is 14.4 Å². The van der Waals surface area contributed by atoms with Crippen molar-refractivity contribution < 1.29 is 24.0 Å². The number of carboxylic acids is 1. The fraction of sp³-hybridized carbons (Fsp3) is 0.400. The Balaban J connectivity index is 2.75. The Morgan fingerprint density at radius 2 is 2.11 bits per heavy atom. The van der Waals surface area contributed by atoms with Crippen LogP contribution in [0.1, 0.15) is 41.3 Å². The molecule has 1 rings (SSSR count). The van der Waals surface area contributed by atoms with Crippen LogP contribution in [0.4, 0.5) is 0 Å². The molecule has 1 heterocycles. The van der Waals surface area contributed by atoms with Gasteiger partial charge in [0.1, 0.15) is 0 Å². The van der Waals surface area contributed by atoms with Crippen LogP contribution in [0.15, 0.2) is 10.6 Å².